The fourth-order valence-electron chi connectivity index (χ4n) is 5.44. The van der Waals surface area contributed by atoms with Crippen LogP contribution in [0.1, 0.15) is 5.56 Å². The number of imidazole rings is 2. The molecule has 0 spiro atoms. The number of nitrogens with one attached hydrogen (secondary N) is 2. The highest BCUT2D eigenvalue weighted by molar-refractivity contribution is 5.84. The van der Waals surface area contributed by atoms with Gasteiger partial charge in [-0.25, -0.2) is 14.4 Å². The van der Waals surface area contributed by atoms with Crippen LogP contribution in [0.25, 0.3) is 33.6 Å². The number of fused-ring (bicyclic) bond motifs is 2. The molecule has 0 radical (unpaired) electrons. The number of anilines is 3. The lowest BCUT2D eigenvalue weighted by atomic mass is 10.2. The molecule has 1 saturated heterocycles. The summed E-state index contributed by atoms with van der Waals surface area (Å²) in [6.45, 7) is 3.22. The monoisotopic (exact) mass is 616 g/mol. The summed E-state index contributed by atoms with van der Waals surface area (Å²) in [6.07, 6.45) is -2.86. The average Bonchev–Trinajstić information content (AvgIpc) is 3.59. The third-order valence-electron chi connectivity index (χ3n) is 7.92. The number of ether oxygens (including phenoxy) is 1. The van der Waals surface area contributed by atoms with Crippen molar-refractivity contribution >= 4 is 39.4 Å². The normalized spacial score (nSPS) is 14.4. The molecule has 0 amide bonds. The van der Waals surface area contributed by atoms with Crippen molar-refractivity contribution in [2.75, 3.05) is 43.4 Å². The predicted molar refractivity (Wildman–Crippen MR) is 165 cm³/mol. The van der Waals surface area contributed by atoms with Gasteiger partial charge in [-0.15, -0.1) is 0 Å². The van der Waals surface area contributed by atoms with Gasteiger partial charge in [0.05, 0.1) is 27.8 Å². The first kappa shape index (κ1) is 28.6. The minimum Gasteiger partial charge on any atom is -0.457 e. The molecule has 0 saturated carbocycles. The van der Waals surface area contributed by atoms with Crippen LogP contribution in [0.15, 0.2) is 72.9 Å². The molecule has 3 aromatic heterocycles. The van der Waals surface area contributed by atoms with Crippen LogP contribution < -0.4 is 15.0 Å². The largest absolute Gasteiger partial charge is 0.457 e. The van der Waals surface area contributed by atoms with E-state index in [1.165, 1.54) is 6.07 Å². The van der Waals surface area contributed by atoms with Crippen LogP contribution in [0.5, 0.6) is 11.5 Å². The van der Waals surface area contributed by atoms with E-state index in [0.717, 1.165) is 43.8 Å². The topological polar surface area (TPSA) is 87.1 Å². The van der Waals surface area contributed by atoms with Crippen molar-refractivity contribution in [1.29, 1.82) is 0 Å². The number of aromatic amines is 1. The Morgan fingerprint density at radius 1 is 0.889 bits per heavy atom. The fraction of sp³-hybridized carbons (Fsp3) is 0.219. The van der Waals surface area contributed by atoms with Crippen LogP contribution in [0.2, 0.25) is 0 Å². The van der Waals surface area contributed by atoms with Crippen LogP contribution in [-0.2, 0) is 13.2 Å². The molecule has 0 atom stereocenters. The summed E-state index contributed by atoms with van der Waals surface area (Å²) < 4.78 is 62.9. The lowest BCUT2D eigenvalue weighted by Crippen LogP contribution is -2.44. The first-order chi connectivity index (χ1) is 21.6. The van der Waals surface area contributed by atoms with Crippen molar-refractivity contribution in [3.63, 3.8) is 0 Å². The molecule has 7 rings (SSSR count). The molecule has 2 N–H and O–H groups in total. The van der Waals surface area contributed by atoms with Gasteiger partial charge in [0.15, 0.2) is 11.6 Å². The summed E-state index contributed by atoms with van der Waals surface area (Å²) in [5, 5.41) is 2.97. The van der Waals surface area contributed by atoms with Crippen molar-refractivity contribution in [3.05, 3.63) is 84.3 Å². The highest BCUT2D eigenvalue weighted by Gasteiger charge is 2.30. The number of likely N-dealkylation sites (N-methyl/N-ethyl adjacent to an activating group) is 1. The molecule has 0 aliphatic carbocycles. The van der Waals surface area contributed by atoms with Gasteiger partial charge < -0.3 is 29.4 Å². The lowest BCUT2D eigenvalue weighted by molar-refractivity contribution is -0.137. The van der Waals surface area contributed by atoms with Crippen molar-refractivity contribution < 1.29 is 22.3 Å². The van der Waals surface area contributed by atoms with Crippen molar-refractivity contribution in [2.24, 2.45) is 7.05 Å². The minimum absolute atomic E-state index is 0.254. The summed E-state index contributed by atoms with van der Waals surface area (Å²) in [5.41, 5.74) is 2.71. The van der Waals surface area contributed by atoms with Crippen molar-refractivity contribution in [3.8, 4) is 23.0 Å². The maximum atomic E-state index is 15.6. The number of nitrogens with zero attached hydrogens (tertiary/aromatic N) is 6. The molecule has 1 fully saturated rings. The van der Waals surface area contributed by atoms with E-state index >= 15 is 4.39 Å². The Balaban J connectivity index is 1.11. The quantitative estimate of drug-likeness (QED) is 0.196. The fourth-order valence-corrected chi connectivity index (χ4v) is 5.44. The number of H-pyrrole nitrogens is 1. The molecule has 9 nitrogen and oxygen atoms in total. The molecule has 6 aromatic rings. The molecular weight excluding hydrogens is 588 g/mol. The second kappa shape index (κ2) is 11.1. The van der Waals surface area contributed by atoms with Crippen LogP contribution >= 0.6 is 0 Å². The van der Waals surface area contributed by atoms with Crippen molar-refractivity contribution in [2.45, 2.75) is 6.18 Å². The van der Waals surface area contributed by atoms with E-state index in [4.69, 9.17) is 4.74 Å². The van der Waals surface area contributed by atoms with Crippen LogP contribution in [0.3, 0.4) is 0 Å². The smallest absolute Gasteiger partial charge is 0.416 e. The zero-order chi connectivity index (χ0) is 31.3. The summed E-state index contributed by atoms with van der Waals surface area (Å²) in [7, 11) is 3.82. The number of alkyl halides is 3. The first-order valence-corrected chi connectivity index (χ1v) is 14.3. The van der Waals surface area contributed by atoms with E-state index in [1.54, 1.807) is 54.2 Å². The molecule has 3 aromatic carbocycles. The van der Waals surface area contributed by atoms with Gasteiger partial charge >= 0.3 is 6.18 Å². The molecule has 4 heterocycles. The first-order valence-electron chi connectivity index (χ1n) is 14.3. The Hall–Kier alpha value is -5.17. The number of aromatic nitrogens is 5. The standard InChI is InChI=1S/C32H28F4N8O/c1-42-12-14-44(15-13-42)27-9-7-23-29(28(27)33)41-30(39-23)25-18-22(10-11-37-25)45-21-6-8-26-24(17-21)40-31(43(26)2)38-20-5-3-4-19(16-20)32(34,35)36/h3-11,16-18H,12-15H2,1-2H3,(H,38,40)(H,39,41). The molecule has 45 heavy (non-hydrogen) atoms. The second-order valence-corrected chi connectivity index (χ2v) is 11.0. The van der Waals surface area contributed by atoms with E-state index in [9.17, 15) is 13.2 Å². The predicted octanol–water partition coefficient (Wildman–Crippen LogP) is 6.96. The minimum atomic E-state index is -4.45. The second-order valence-electron chi connectivity index (χ2n) is 11.0. The zero-order valence-electron chi connectivity index (χ0n) is 24.4. The number of pyridine rings is 1. The van der Waals surface area contributed by atoms with E-state index in [1.807, 2.05) is 17.0 Å². The number of aryl methyl sites for hydroxylation is 1. The Labute approximate surface area is 255 Å². The summed E-state index contributed by atoms with van der Waals surface area (Å²) in [5.74, 6) is 1.40. The third kappa shape index (κ3) is 5.62. The SMILES string of the molecule is CN1CCN(c2ccc3[nH]c(-c4cc(Oc5ccc6c(c5)nc(Nc5cccc(C(F)(F)F)c5)n6C)ccn4)nc3c2F)CC1. The number of halogens is 4. The van der Waals surface area contributed by atoms with E-state index < -0.39 is 11.7 Å². The van der Waals surface area contributed by atoms with Gasteiger partial charge in [0.1, 0.15) is 22.7 Å². The molecule has 230 valence electrons. The molecule has 0 bridgehead atoms. The molecular formula is C32H28F4N8O. The van der Waals surface area contributed by atoms with Gasteiger partial charge in [0, 0.05) is 57.2 Å². The van der Waals surface area contributed by atoms with Gasteiger partial charge in [-0.2, -0.15) is 13.2 Å². The lowest BCUT2D eigenvalue weighted by Gasteiger charge is -2.34. The van der Waals surface area contributed by atoms with Crippen LogP contribution in [0.4, 0.5) is 34.9 Å². The van der Waals surface area contributed by atoms with Crippen molar-refractivity contribution in [1.82, 2.24) is 29.4 Å². The molecule has 1 aliphatic rings. The average molecular weight is 617 g/mol. The van der Waals surface area contributed by atoms with E-state index in [0.29, 0.717) is 45.7 Å². The van der Waals surface area contributed by atoms with Crippen LogP contribution in [0, 0.1) is 5.82 Å². The van der Waals surface area contributed by atoms with Crippen LogP contribution in [-0.4, -0.2) is 62.6 Å². The maximum absolute atomic E-state index is 15.6. The maximum Gasteiger partial charge on any atom is 0.416 e. The Morgan fingerprint density at radius 3 is 2.49 bits per heavy atom. The number of hydrogen-bond acceptors (Lipinski definition) is 7. The van der Waals surface area contributed by atoms with Gasteiger partial charge in [0.25, 0.3) is 0 Å². The highest BCUT2D eigenvalue weighted by atomic mass is 19.4. The Morgan fingerprint density at radius 2 is 1.69 bits per heavy atom. The third-order valence-corrected chi connectivity index (χ3v) is 7.92. The van der Waals surface area contributed by atoms with Gasteiger partial charge in [0.2, 0.25) is 5.95 Å². The number of rotatable bonds is 6. The summed E-state index contributed by atoms with van der Waals surface area (Å²) in [6, 6.07) is 17.3. The van der Waals surface area contributed by atoms with Gasteiger partial charge in [-0.3, -0.25) is 4.98 Å². The molecule has 1 aliphatic heterocycles. The van der Waals surface area contributed by atoms with E-state index in [2.05, 4.69) is 37.2 Å². The molecule has 0 unspecified atom stereocenters. The van der Waals surface area contributed by atoms with Gasteiger partial charge in [-0.05, 0) is 55.6 Å². The number of benzene rings is 3. The summed E-state index contributed by atoms with van der Waals surface area (Å²) >= 11 is 0. The Bertz CT molecular complexity index is 2030. The Kier molecular flexibility index (Phi) is 7.04. The van der Waals surface area contributed by atoms with E-state index in [-0.39, 0.29) is 17.0 Å². The zero-order valence-corrected chi connectivity index (χ0v) is 24.4. The van der Waals surface area contributed by atoms with Gasteiger partial charge in [-0.1, -0.05) is 6.07 Å². The summed E-state index contributed by atoms with van der Waals surface area (Å²) in [4.78, 5) is 20.9. The highest BCUT2D eigenvalue weighted by Crippen LogP contribution is 2.34. The molecule has 13 heteroatoms. The number of hydrogen-bond donors (Lipinski definition) is 2. The number of piperazine rings is 1.